The average molecular weight is 221 g/mol. The number of alkyl halides is 3. The lowest BCUT2D eigenvalue weighted by Gasteiger charge is -2.17. The Morgan fingerprint density at radius 2 is 2.09 bits per heavy atom. The third-order valence-corrected chi connectivity index (χ3v) is 1.75. The van der Waals surface area contributed by atoms with E-state index in [2.05, 4.69) is 0 Å². The first-order chi connectivity index (χ1) is 5.04. The Morgan fingerprint density at radius 3 is 2.36 bits per heavy atom. The first-order valence-electron chi connectivity index (χ1n) is 2.98. The van der Waals surface area contributed by atoms with Crippen molar-refractivity contribution < 1.29 is 14.6 Å². The molecule has 2 atom stereocenters. The highest BCUT2D eigenvalue weighted by Gasteiger charge is 2.40. The van der Waals surface area contributed by atoms with E-state index in [0.717, 1.165) is 0 Å². The monoisotopic (exact) mass is 220 g/mol. The zero-order valence-electron chi connectivity index (χ0n) is 5.47. The maximum absolute atomic E-state index is 8.62. The average Bonchev–Trinajstić information content (AvgIpc) is 2.32. The molecule has 1 aliphatic heterocycles. The Labute approximate surface area is 79.1 Å². The fourth-order valence-corrected chi connectivity index (χ4v) is 1.06. The van der Waals surface area contributed by atoms with Gasteiger partial charge in [-0.05, 0) is 0 Å². The molecule has 1 N–H and O–H groups in total. The van der Waals surface area contributed by atoms with Gasteiger partial charge in [-0.1, -0.05) is 34.8 Å². The van der Waals surface area contributed by atoms with Gasteiger partial charge in [-0.3, -0.25) is 0 Å². The summed E-state index contributed by atoms with van der Waals surface area (Å²) >= 11 is 16.4. The molecule has 6 heteroatoms. The van der Waals surface area contributed by atoms with Gasteiger partial charge < -0.3 is 14.6 Å². The van der Waals surface area contributed by atoms with Crippen molar-refractivity contribution in [2.24, 2.45) is 0 Å². The predicted molar refractivity (Wildman–Crippen MR) is 42.0 cm³/mol. The SMILES string of the molecule is OCC1COC(C(Cl)(Cl)Cl)O1. The molecule has 0 aromatic carbocycles. The molecule has 1 heterocycles. The third kappa shape index (κ3) is 2.61. The van der Waals surface area contributed by atoms with Crippen LogP contribution in [0.3, 0.4) is 0 Å². The minimum atomic E-state index is -1.58. The third-order valence-electron chi connectivity index (χ3n) is 1.22. The maximum Gasteiger partial charge on any atom is 0.240 e. The van der Waals surface area contributed by atoms with E-state index in [9.17, 15) is 0 Å². The van der Waals surface area contributed by atoms with Crippen LogP contribution in [0.5, 0.6) is 0 Å². The molecular formula is C5H7Cl3O3. The van der Waals surface area contributed by atoms with Gasteiger partial charge >= 0.3 is 0 Å². The number of aliphatic hydroxyl groups excluding tert-OH is 1. The highest BCUT2D eigenvalue weighted by molar-refractivity contribution is 6.67. The molecule has 0 aromatic rings. The second-order valence-corrected chi connectivity index (χ2v) is 4.52. The van der Waals surface area contributed by atoms with Crippen LogP contribution in [0.4, 0.5) is 0 Å². The Hall–Kier alpha value is 0.750. The summed E-state index contributed by atoms with van der Waals surface area (Å²) in [5.41, 5.74) is 0. The van der Waals surface area contributed by atoms with Crippen molar-refractivity contribution >= 4 is 34.8 Å². The van der Waals surface area contributed by atoms with E-state index < -0.39 is 10.1 Å². The molecule has 1 aliphatic rings. The van der Waals surface area contributed by atoms with Gasteiger partial charge in [0.2, 0.25) is 10.1 Å². The molecule has 66 valence electrons. The molecule has 1 rings (SSSR count). The molecule has 1 fully saturated rings. The minimum absolute atomic E-state index is 0.128. The van der Waals surface area contributed by atoms with Gasteiger partial charge in [-0.15, -0.1) is 0 Å². The van der Waals surface area contributed by atoms with Crippen molar-refractivity contribution in [3.05, 3.63) is 0 Å². The Morgan fingerprint density at radius 1 is 1.45 bits per heavy atom. The van der Waals surface area contributed by atoms with Crippen molar-refractivity contribution in [1.82, 2.24) is 0 Å². The number of hydrogen-bond donors (Lipinski definition) is 1. The standard InChI is InChI=1S/C5H7Cl3O3/c6-5(7,8)4-10-2-3(1-9)11-4/h3-4,9H,1-2H2. The van der Waals surface area contributed by atoms with Crippen LogP contribution in [0.2, 0.25) is 0 Å². The molecule has 0 radical (unpaired) electrons. The Kier molecular flexibility index (Phi) is 3.26. The molecule has 3 nitrogen and oxygen atoms in total. The van der Waals surface area contributed by atoms with Crippen LogP contribution in [-0.4, -0.2) is 34.5 Å². The zero-order valence-corrected chi connectivity index (χ0v) is 7.73. The zero-order chi connectivity index (χ0) is 8.48. The first-order valence-corrected chi connectivity index (χ1v) is 4.12. The second-order valence-electron chi connectivity index (χ2n) is 2.15. The Balaban J connectivity index is 2.42. The van der Waals surface area contributed by atoms with Gasteiger partial charge in [0, 0.05) is 0 Å². The predicted octanol–water partition coefficient (Wildman–Crippen LogP) is 1.09. The smallest absolute Gasteiger partial charge is 0.240 e. The molecule has 0 bridgehead atoms. The second kappa shape index (κ2) is 3.64. The van der Waals surface area contributed by atoms with E-state index >= 15 is 0 Å². The van der Waals surface area contributed by atoms with Crippen LogP contribution in [0.25, 0.3) is 0 Å². The summed E-state index contributed by atoms with van der Waals surface area (Å²) < 4.78 is 8.37. The van der Waals surface area contributed by atoms with E-state index in [1.807, 2.05) is 0 Å². The maximum atomic E-state index is 8.62. The van der Waals surface area contributed by atoms with Crippen molar-refractivity contribution in [1.29, 1.82) is 0 Å². The van der Waals surface area contributed by atoms with Crippen LogP contribution in [0, 0.1) is 0 Å². The summed E-state index contributed by atoms with van der Waals surface area (Å²) in [7, 11) is 0. The molecule has 2 unspecified atom stereocenters. The van der Waals surface area contributed by atoms with Crippen LogP contribution < -0.4 is 0 Å². The van der Waals surface area contributed by atoms with Crippen LogP contribution in [0.1, 0.15) is 0 Å². The van der Waals surface area contributed by atoms with Crippen molar-refractivity contribution in [3.63, 3.8) is 0 Å². The summed E-state index contributed by atoms with van der Waals surface area (Å²) in [6, 6.07) is 0. The molecule has 0 aliphatic carbocycles. The summed E-state index contributed by atoms with van der Waals surface area (Å²) in [4.78, 5) is 0. The van der Waals surface area contributed by atoms with E-state index in [0.29, 0.717) is 0 Å². The molecule has 1 saturated heterocycles. The van der Waals surface area contributed by atoms with Crippen LogP contribution >= 0.6 is 34.8 Å². The van der Waals surface area contributed by atoms with Crippen molar-refractivity contribution in [2.45, 2.75) is 16.2 Å². The first kappa shape index (κ1) is 9.84. The fraction of sp³-hybridized carbons (Fsp3) is 1.00. The van der Waals surface area contributed by atoms with E-state index in [-0.39, 0.29) is 19.3 Å². The van der Waals surface area contributed by atoms with E-state index in [4.69, 9.17) is 49.4 Å². The lowest BCUT2D eigenvalue weighted by Crippen LogP contribution is -2.27. The summed E-state index contributed by atoms with van der Waals surface area (Å²) in [5.74, 6) is 0. The molecule has 0 saturated carbocycles. The number of rotatable bonds is 1. The molecule has 0 spiro atoms. The van der Waals surface area contributed by atoms with Gasteiger partial charge in [-0.25, -0.2) is 0 Å². The molecule has 0 aromatic heterocycles. The summed E-state index contributed by atoms with van der Waals surface area (Å²) in [6.07, 6.45) is -1.25. The topological polar surface area (TPSA) is 38.7 Å². The largest absolute Gasteiger partial charge is 0.394 e. The van der Waals surface area contributed by atoms with Gasteiger partial charge in [0.1, 0.15) is 6.10 Å². The normalized spacial score (nSPS) is 32.7. The highest BCUT2D eigenvalue weighted by atomic mass is 35.6. The van der Waals surface area contributed by atoms with E-state index in [1.54, 1.807) is 0 Å². The van der Waals surface area contributed by atoms with E-state index in [1.165, 1.54) is 0 Å². The molecular weight excluding hydrogens is 214 g/mol. The summed E-state index contributed by atoms with van der Waals surface area (Å²) in [5, 5.41) is 8.62. The van der Waals surface area contributed by atoms with Crippen LogP contribution in [-0.2, 0) is 9.47 Å². The Bertz CT molecular complexity index is 135. The molecule has 0 amide bonds. The van der Waals surface area contributed by atoms with Gasteiger partial charge in [0.15, 0.2) is 0 Å². The number of halogens is 3. The highest BCUT2D eigenvalue weighted by Crippen LogP contribution is 2.35. The van der Waals surface area contributed by atoms with Crippen molar-refractivity contribution in [2.75, 3.05) is 13.2 Å². The van der Waals surface area contributed by atoms with Gasteiger partial charge in [-0.2, -0.15) is 0 Å². The number of ether oxygens (including phenoxy) is 2. The minimum Gasteiger partial charge on any atom is -0.394 e. The fourth-order valence-electron chi connectivity index (χ4n) is 0.715. The van der Waals surface area contributed by atoms with Gasteiger partial charge in [0.25, 0.3) is 0 Å². The summed E-state index contributed by atoms with van der Waals surface area (Å²) in [6.45, 7) is 0.131. The number of hydrogen-bond acceptors (Lipinski definition) is 3. The lowest BCUT2D eigenvalue weighted by atomic mass is 10.4. The molecule has 11 heavy (non-hydrogen) atoms. The van der Waals surface area contributed by atoms with Gasteiger partial charge in [0.05, 0.1) is 13.2 Å². The number of aliphatic hydroxyl groups is 1. The lowest BCUT2D eigenvalue weighted by molar-refractivity contribution is -0.0610. The quantitative estimate of drug-likeness (QED) is 0.674. The van der Waals surface area contributed by atoms with Crippen molar-refractivity contribution in [3.8, 4) is 0 Å². The van der Waals surface area contributed by atoms with Crippen LogP contribution in [0.15, 0.2) is 0 Å².